The van der Waals surface area contributed by atoms with Gasteiger partial charge in [0.1, 0.15) is 6.10 Å². The van der Waals surface area contributed by atoms with Crippen LogP contribution in [0.5, 0.6) is 0 Å². The molecule has 0 saturated carbocycles. The average molecular weight is 263 g/mol. The molecule has 2 rings (SSSR count). The largest absolute Gasteiger partial charge is 0.506 e. The topological polar surface area (TPSA) is 66.8 Å². The van der Waals surface area contributed by atoms with Gasteiger partial charge < -0.3 is 14.7 Å². The third-order valence-electron chi connectivity index (χ3n) is 3.23. The standard InChI is InChI=1S/C14H17NO4/c1-9(2)10-3-5-11(6-4-10)15-8-12(7-13(15)16)19-14(17)18/h3-6,9,12H,7-8H2,1-2H3,(H,17,18). The first-order valence-corrected chi connectivity index (χ1v) is 6.27. The Labute approximate surface area is 111 Å². The van der Waals surface area contributed by atoms with Crippen molar-refractivity contribution in [1.82, 2.24) is 0 Å². The average Bonchev–Trinajstić information content (AvgIpc) is 2.69. The van der Waals surface area contributed by atoms with Crippen molar-refractivity contribution in [1.29, 1.82) is 0 Å². The van der Waals surface area contributed by atoms with Crippen LogP contribution in [-0.4, -0.2) is 29.8 Å². The van der Waals surface area contributed by atoms with Crippen LogP contribution in [0.4, 0.5) is 10.5 Å². The lowest BCUT2D eigenvalue weighted by atomic mass is 10.0. The monoisotopic (exact) mass is 263 g/mol. The van der Waals surface area contributed by atoms with E-state index in [1.165, 1.54) is 5.56 Å². The number of rotatable bonds is 3. The molecule has 0 bridgehead atoms. The van der Waals surface area contributed by atoms with E-state index in [0.29, 0.717) is 5.92 Å². The summed E-state index contributed by atoms with van der Waals surface area (Å²) in [5.41, 5.74) is 1.99. The van der Waals surface area contributed by atoms with Crippen molar-refractivity contribution in [3.63, 3.8) is 0 Å². The third kappa shape index (κ3) is 3.05. The van der Waals surface area contributed by atoms with Gasteiger partial charge in [0, 0.05) is 5.69 Å². The van der Waals surface area contributed by atoms with Crippen molar-refractivity contribution < 1.29 is 19.4 Å². The van der Waals surface area contributed by atoms with E-state index in [2.05, 4.69) is 18.6 Å². The van der Waals surface area contributed by atoms with E-state index in [9.17, 15) is 9.59 Å². The van der Waals surface area contributed by atoms with Gasteiger partial charge in [-0.3, -0.25) is 4.79 Å². The molecule has 1 aromatic rings. The minimum atomic E-state index is -1.34. The normalized spacial score (nSPS) is 19.0. The number of nitrogens with zero attached hydrogens (tertiary/aromatic N) is 1. The number of carboxylic acid groups (broad SMARTS) is 1. The number of benzene rings is 1. The molecule has 5 nitrogen and oxygen atoms in total. The molecule has 1 saturated heterocycles. The number of hydrogen-bond acceptors (Lipinski definition) is 3. The summed E-state index contributed by atoms with van der Waals surface area (Å²) in [5.74, 6) is 0.329. The van der Waals surface area contributed by atoms with Gasteiger partial charge in [-0.1, -0.05) is 26.0 Å². The van der Waals surface area contributed by atoms with E-state index < -0.39 is 12.3 Å². The lowest BCUT2D eigenvalue weighted by molar-refractivity contribution is -0.117. The van der Waals surface area contributed by atoms with E-state index in [1.807, 2.05) is 24.3 Å². The van der Waals surface area contributed by atoms with Crippen LogP contribution in [0, 0.1) is 0 Å². The first kappa shape index (κ1) is 13.4. The summed E-state index contributed by atoms with van der Waals surface area (Å²) < 4.78 is 4.65. The fraction of sp³-hybridized carbons (Fsp3) is 0.429. The predicted molar refractivity (Wildman–Crippen MR) is 70.4 cm³/mol. The number of ether oxygens (including phenoxy) is 1. The Morgan fingerprint density at radius 3 is 2.53 bits per heavy atom. The van der Waals surface area contributed by atoms with Crippen LogP contribution in [0.2, 0.25) is 0 Å². The minimum absolute atomic E-state index is 0.108. The summed E-state index contributed by atoms with van der Waals surface area (Å²) in [6, 6.07) is 7.74. The molecule has 1 fully saturated rings. The number of anilines is 1. The molecule has 0 aromatic heterocycles. The van der Waals surface area contributed by atoms with Gasteiger partial charge in [0.25, 0.3) is 0 Å². The number of hydrogen-bond donors (Lipinski definition) is 1. The van der Waals surface area contributed by atoms with Crippen molar-refractivity contribution in [3.8, 4) is 0 Å². The molecule has 0 radical (unpaired) electrons. The first-order chi connectivity index (χ1) is 8.97. The Kier molecular flexibility index (Phi) is 3.74. The highest BCUT2D eigenvalue weighted by molar-refractivity contribution is 5.96. The summed E-state index contributed by atoms with van der Waals surface area (Å²) in [7, 11) is 0. The Balaban J connectivity index is 2.09. The Morgan fingerprint density at radius 2 is 2.00 bits per heavy atom. The zero-order chi connectivity index (χ0) is 14.0. The Morgan fingerprint density at radius 1 is 1.37 bits per heavy atom. The van der Waals surface area contributed by atoms with Gasteiger partial charge >= 0.3 is 6.16 Å². The van der Waals surface area contributed by atoms with E-state index in [-0.39, 0.29) is 18.9 Å². The second-order valence-corrected chi connectivity index (χ2v) is 4.96. The molecule has 102 valence electrons. The van der Waals surface area contributed by atoms with Gasteiger partial charge in [0.05, 0.1) is 13.0 Å². The zero-order valence-electron chi connectivity index (χ0n) is 11.0. The second kappa shape index (κ2) is 5.30. The maximum Gasteiger partial charge on any atom is 0.506 e. The van der Waals surface area contributed by atoms with Crippen molar-refractivity contribution in [2.45, 2.75) is 32.3 Å². The smallest absolute Gasteiger partial charge is 0.450 e. The van der Waals surface area contributed by atoms with Crippen LogP contribution in [0.25, 0.3) is 0 Å². The maximum absolute atomic E-state index is 11.8. The fourth-order valence-corrected chi connectivity index (χ4v) is 2.19. The van der Waals surface area contributed by atoms with Gasteiger partial charge in [-0.2, -0.15) is 0 Å². The van der Waals surface area contributed by atoms with Crippen molar-refractivity contribution in [3.05, 3.63) is 29.8 Å². The highest BCUT2D eigenvalue weighted by Crippen LogP contribution is 2.25. The summed E-state index contributed by atoms with van der Waals surface area (Å²) >= 11 is 0. The van der Waals surface area contributed by atoms with Gasteiger partial charge in [0.15, 0.2) is 0 Å². The first-order valence-electron chi connectivity index (χ1n) is 6.27. The fourth-order valence-electron chi connectivity index (χ4n) is 2.19. The predicted octanol–water partition coefficient (Wildman–Crippen LogP) is 2.61. The van der Waals surface area contributed by atoms with Gasteiger partial charge in [0.2, 0.25) is 5.91 Å². The Hall–Kier alpha value is -2.04. The SMILES string of the molecule is CC(C)c1ccc(N2CC(OC(=O)O)CC2=O)cc1. The van der Waals surface area contributed by atoms with Crippen LogP contribution < -0.4 is 4.90 Å². The lowest BCUT2D eigenvalue weighted by Crippen LogP contribution is -2.26. The molecule has 5 heteroatoms. The molecule has 0 aliphatic carbocycles. The van der Waals surface area contributed by atoms with Crippen molar-refractivity contribution in [2.24, 2.45) is 0 Å². The van der Waals surface area contributed by atoms with E-state index in [0.717, 1.165) is 5.69 Å². The summed E-state index contributed by atoms with van der Waals surface area (Å²) in [4.78, 5) is 23.9. The molecule has 1 heterocycles. The number of carbonyl (C=O) groups is 2. The number of carbonyl (C=O) groups excluding carboxylic acids is 1. The van der Waals surface area contributed by atoms with Crippen LogP contribution in [0.1, 0.15) is 31.7 Å². The highest BCUT2D eigenvalue weighted by atomic mass is 16.7. The van der Waals surface area contributed by atoms with Gasteiger partial charge in [-0.15, -0.1) is 0 Å². The molecule has 19 heavy (non-hydrogen) atoms. The van der Waals surface area contributed by atoms with Crippen LogP contribution in [0.3, 0.4) is 0 Å². The molecule has 1 unspecified atom stereocenters. The van der Waals surface area contributed by atoms with Gasteiger partial charge in [-0.05, 0) is 23.6 Å². The van der Waals surface area contributed by atoms with Crippen molar-refractivity contribution in [2.75, 3.05) is 11.4 Å². The van der Waals surface area contributed by atoms with E-state index in [4.69, 9.17) is 5.11 Å². The molecule has 0 spiro atoms. The molecule has 1 atom stereocenters. The zero-order valence-corrected chi connectivity index (χ0v) is 11.0. The Bertz CT molecular complexity index is 481. The molecule has 1 aliphatic rings. The number of amides is 1. The van der Waals surface area contributed by atoms with Crippen LogP contribution in [-0.2, 0) is 9.53 Å². The highest BCUT2D eigenvalue weighted by Gasteiger charge is 2.33. The molecular weight excluding hydrogens is 246 g/mol. The molecule has 1 amide bonds. The van der Waals surface area contributed by atoms with Crippen LogP contribution in [0.15, 0.2) is 24.3 Å². The van der Waals surface area contributed by atoms with Crippen LogP contribution >= 0.6 is 0 Å². The molecule has 1 aliphatic heterocycles. The van der Waals surface area contributed by atoms with Crippen molar-refractivity contribution >= 4 is 17.7 Å². The summed E-state index contributed by atoms with van der Waals surface area (Å²) in [6.07, 6.45) is -1.80. The molecule has 1 N–H and O–H groups in total. The lowest BCUT2D eigenvalue weighted by Gasteiger charge is -2.17. The van der Waals surface area contributed by atoms with E-state index >= 15 is 0 Å². The second-order valence-electron chi connectivity index (χ2n) is 4.96. The van der Waals surface area contributed by atoms with Gasteiger partial charge in [-0.25, -0.2) is 4.79 Å². The minimum Gasteiger partial charge on any atom is -0.450 e. The quantitative estimate of drug-likeness (QED) is 0.851. The molecular formula is C14H17NO4. The maximum atomic E-state index is 11.8. The molecule has 1 aromatic carbocycles. The van der Waals surface area contributed by atoms with E-state index in [1.54, 1.807) is 4.90 Å². The summed E-state index contributed by atoms with van der Waals surface area (Å²) in [5, 5.41) is 8.56. The summed E-state index contributed by atoms with van der Waals surface area (Å²) in [6.45, 7) is 4.49. The third-order valence-corrected chi connectivity index (χ3v) is 3.23.